The molecule has 26 heavy (non-hydrogen) atoms. The molecule has 9 heteroatoms. The number of benzene rings is 1. The largest absolute Gasteiger partial charge is 0.466 e. The number of aliphatic hydroxyl groups is 1. The fraction of sp³-hybridized carbons (Fsp3) is 0.294. The number of nitrogens with one attached hydrogen (secondary N) is 2. The van der Waals surface area contributed by atoms with E-state index in [-0.39, 0.29) is 12.2 Å². The number of aryl methyl sites for hydroxylation is 2. The van der Waals surface area contributed by atoms with Crippen LogP contribution in [-0.2, 0) is 15.8 Å². The fourth-order valence-electron chi connectivity index (χ4n) is 2.32. The number of alkyl halides is 3. The first-order chi connectivity index (χ1) is 12.1. The minimum atomic E-state index is -4.56. The van der Waals surface area contributed by atoms with Gasteiger partial charge in [-0.25, -0.2) is 0 Å². The average molecular weight is 370 g/mol. The van der Waals surface area contributed by atoms with E-state index in [1.54, 1.807) is 19.9 Å². The zero-order chi connectivity index (χ0) is 19.5. The van der Waals surface area contributed by atoms with E-state index in [0.717, 1.165) is 18.2 Å². The molecule has 2 aromatic rings. The summed E-state index contributed by atoms with van der Waals surface area (Å²) in [4.78, 5) is 23.6. The lowest BCUT2D eigenvalue weighted by atomic mass is 10.1. The van der Waals surface area contributed by atoms with Crippen molar-refractivity contribution in [1.29, 1.82) is 0 Å². The van der Waals surface area contributed by atoms with Crippen LogP contribution in [0.25, 0.3) is 0 Å². The van der Waals surface area contributed by atoms with E-state index >= 15 is 0 Å². The quantitative estimate of drug-likeness (QED) is 0.722. The summed E-state index contributed by atoms with van der Waals surface area (Å²) in [6.45, 7) is 3.09. The minimum Gasteiger partial charge on any atom is -0.466 e. The van der Waals surface area contributed by atoms with Gasteiger partial charge in [0.05, 0.1) is 11.7 Å². The molecular formula is C17H17F3N2O4. The Labute approximate surface area is 147 Å². The first-order valence-corrected chi connectivity index (χ1v) is 7.59. The van der Waals surface area contributed by atoms with E-state index in [0.29, 0.717) is 17.1 Å². The van der Waals surface area contributed by atoms with Crippen molar-refractivity contribution >= 4 is 17.5 Å². The molecule has 1 atom stereocenters. The molecule has 0 fully saturated rings. The van der Waals surface area contributed by atoms with Crippen LogP contribution in [0.15, 0.2) is 34.7 Å². The number of aliphatic hydroxyl groups excluding tert-OH is 1. The molecule has 140 valence electrons. The molecule has 3 N–H and O–H groups in total. The van der Waals surface area contributed by atoms with Gasteiger partial charge in [-0.05, 0) is 38.1 Å². The SMILES string of the molecule is Cc1cc(C(O)CNC(=O)C(=O)Nc2cccc(C(F)(F)F)c2)c(C)o1. The summed E-state index contributed by atoms with van der Waals surface area (Å²) in [5.74, 6) is -1.15. The molecule has 1 aromatic heterocycles. The molecule has 1 aromatic carbocycles. The predicted octanol–water partition coefficient (Wildman–Crippen LogP) is 2.70. The Morgan fingerprint density at radius 2 is 1.88 bits per heavy atom. The number of hydrogen-bond acceptors (Lipinski definition) is 4. The molecule has 1 unspecified atom stereocenters. The Bertz CT molecular complexity index is 815. The number of carbonyl (C=O) groups is 2. The van der Waals surface area contributed by atoms with Crippen molar-refractivity contribution in [3.63, 3.8) is 0 Å². The van der Waals surface area contributed by atoms with Crippen molar-refractivity contribution in [2.75, 3.05) is 11.9 Å². The monoisotopic (exact) mass is 370 g/mol. The van der Waals surface area contributed by atoms with Gasteiger partial charge in [-0.2, -0.15) is 13.2 Å². The van der Waals surface area contributed by atoms with Crippen LogP contribution in [-0.4, -0.2) is 23.5 Å². The second-order valence-electron chi connectivity index (χ2n) is 5.63. The predicted molar refractivity (Wildman–Crippen MR) is 86.2 cm³/mol. The number of amides is 2. The van der Waals surface area contributed by atoms with Gasteiger partial charge in [-0.1, -0.05) is 6.07 Å². The van der Waals surface area contributed by atoms with Crippen LogP contribution >= 0.6 is 0 Å². The first kappa shape index (κ1) is 19.5. The van der Waals surface area contributed by atoms with Gasteiger partial charge in [0.1, 0.15) is 11.5 Å². The Kier molecular flexibility index (Phi) is 5.71. The molecule has 0 saturated carbocycles. The van der Waals surface area contributed by atoms with Gasteiger partial charge in [-0.15, -0.1) is 0 Å². The van der Waals surface area contributed by atoms with E-state index in [4.69, 9.17) is 4.42 Å². The lowest BCUT2D eigenvalue weighted by Gasteiger charge is -2.12. The average Bonchev–Trinajstić information content (AvgIpc) is 2.90. The molecule has 0 aliphatic heterocycles. The van der Waals surface area contributed by atoms with E-state index in [9.17, 15) is 27.9 Å². The van der Waals surface area contributed by atoms with E-state index in [2.05, 4.69) is 10.6 Å². The summed E-state index contributed by atoms with van der Waals surface area (Å²) < 4.78 is 43.2. The van der Waals surface area contributed by atoms with Gasteiger partial charge < -0.3 is 20.2 Å². The molecule has 0 aliphatic rings. The summed E-state index contributed by atoms with van der Waals surface area (Å²) in [6.07, 6.45) is -5.65. The molecule has 0 radical (unpaired) electrons. The van der Waals surface area contributed by atoms with Crippen LogP contribution in [0.5, 0.6) is 0 Å². The zero-order valence-electron chi connectivity index (χ0n) is 14.0. The maximum absolute atomic E-state index is 12.6. The molecular weight excluding hydrogens is 353 g/mol. The van der Waals surface area contributed by atoms with E-state index < -0.39 is 29.7 Å². The van der Waals surface area contributed by atoms with Crippen molar-refractivity contribution in [2.45, 2.75) is 26.1 Å². The van der Waals surface area contributed by atoms with Gasteiger partial charge in [-0.3, -0.25) is 9.59 Å². The smallest absolute Gasteiger partial charge is 0.416 e. The Hall–Kier alpha value is -2.81. The standard InChI is InChI=1S/C17H17F3N2O4/c1-9-6-13(10(2)26-9)14(23)8-21-15(24)16(25)22-12-5-3-4-11(7-12)17(18,19)20/h3-7,14,23H,8H2,1-2H3,(H,21,24)(H,22,25). The number of furan rings is 1. The second kappa shape index (κ2) is 7.61. The maximum Gasteiger partial charge on any atom is 0.416 e. The normalized spacial score (nSPS) is 12.5. The van der Waals surface area contributed by atoms with Crippen molar-refractivity contribution in [2.24, 2.45) is 0 Å². The lowest BCUT2D eigenvalue weighted by molar-refractivity contribution is -0.137. The highest BCUT2D eigenvalue weighted by atomic mass is 19.4. The lowest BCUT2D eigenvalue weighted by Crippen LogP contribution is -2.37. The molecule has 0 spiro atoms. The molecule has 0 aliphatic carbocycles. The van der Waals surface area contributed by atoms with Gasteiger partial charge in [0.2, 0.25) is 0 Å². The van der Waals surface area contributed by atoms with Crippen molar-refractivity contribution in [3.05, 3.63) is 53.0 Å². The van der Waals surface area contributed by atoms with Gasteiger partial charge in [0.25, 0.3) is 0 Å². The van der Waals surface area contributed by atoms with Gasteiger partial charge >= 0.3 is 18.0 Å². The van der Waals surface area contributed by atoms with Crippen LogP contribution in [0.4, 0.5) is 18.9 Å². The Morgan fingerprint density at radius 1 is 1.19 bits per heavy atom. The van der Waals surface area contributed by atoms with Crippen LogP contribution in [0.2, 0.25) is 0 Å². The maximum atomic E-state index is 12.6. The highest BCUT2D eigenvalue weighted by Crippen LogP contribution is 2.30. The van der Waals surface area contributed by atoms with Crippen LogP contribution in [0, 0.1) is 13.8 Å². The zero-order valence-corrected chi connectivity index (χ0v) is 14.0. The third kappa shape index (κ3) is 4.85. The summed E-state index contributed by atoms with van der Waals surface area (Å²) >= 11 is 0. The summed E-state index contributed by atoms with van der Waals surface area (Å²) in [5.41, 5.74) is -0.639. The highest BCUT2D eigenvalue weighted by Gasteiger charge is 2.30. The Balaban J connectivity index is 1.94. The second-order valence-corrected chi connectivity index (χ2v) is 5.63. The molecule has 0 saturated heterocycles. The topological polar surface area (TPSA) is 91.6 Å². The molecule has 1 heterocycles. The summed E-state index contributed by atoms with van der Waals surface area (Å²) in [7, 11) is 0. The number of carbonyl (C=O) groups excluding carboxylic acids is 2. The van der Waals surface area contributed by atoms with Crippen LogP contribution < -0.4 is 10.6 Å². The third-order valence-electron chi connectivity index (χ3n) is 3.55. The number of anilines is 1. The van der Waals surface area contributed by atoms with Crippen molar-refractivity contribution < 1.29 is 32.3 Å². The van der Waals surface area contributed by atoms with E-state index in [1.807, 2.05) is 0 Å². The first-order valence-electron chi connectivity index (χ1n) is 7.59. The molecule has 2 rings (SSSR count). The molecule has 0 bridgehead atoms. The number of rotatable bonds is 4. The van der Waals surface area contributed by atoms with Gasteiger partial charge in [0, 0.05) is 17.8 Å². The van der Waals surface area contributed by atoms with Crippen LogP contribution in [0.3, 0.4) is 0 Å². The third-order valence-corrected chi connectivity index (χ3v) is 3.55. The number of halogens is 3. The fourth-order valence-corrected chi connectivity index (χ4v) is 2.32. The molecule has 6 nitrogen and oxygen atoms in total. The van der Waals surface area contributed by atoms with Crippen molar-refractivity contribution in [1.82, 2.24) is 5.32 Å². The molecule has 2 amide bonds. The van der Waals surface area contributed by atoms with Crippen molar-refractivity contribution in [3.8, 4) is 0 Å². The summed E-state index contributed by atoms with van der Waals surface area (Å²) in [5, 5.41) is 14.3. The Morgan fingerprint density at radius 3 is 2.46 bits per heavy atom. The summed E-state index contributed by atoms with van der Waals surface area (Å²) in [6, 6.07) is 5.52. The van der Waals surface area contributed by atoms with Crippen LogP contribution in [0.1, 0.15) is 28.8 Å². The minimum absolute atomic E-state index is 0.165. The number of hydrogen-bond donors (Lipinski definition) is 3. The van der Waals surface area contributed by atoms with E-state index in [1.165, 1.54) is 6.07 Å². The van der Waals surface area contributed by atoms with Gasteiger partial charge in [0.15, 0.2) is 0 Å². The highest BCUT2D eigenvalue weighted by molar-refractivity contribution is 6.39.